The number of ether oxygens (including phenoxy) is 1. The van der Waals surface area contributed by atoms with Gasteiger partial charge in [-0.1, -0.05) is 29.8 Å². The molecule has 4 aromatic rings. The smallest absolute Gasteiger partial charge is 0.258 e. The van der Waals surface area contributed by atoms with Gasteiger partial charge < -0.3 is 15.0 Å². The molecule has 0 unspecified atom stereocenters. The van der Waals surface area contributed by atoms with E-state index in [-0.39, 0.29) is 36.6 Å². The fraction of sp³-hybridized carbons (Fsp3) is 0.172. The van der Waals surface area contributed by atoms with Crippen molar-refractivity contribution in [1.29, 1.82) is 0 Å². The second kappa shape index (κ2) is 11.5. The van der Waals surface area contributed by atoms with Gasteiger partial charge in [0.25, 0.3) is 11.8 Å². The molecule has 0 spiro atoms. The van der Waals surface area contributed by atoms with E-state index < -0.39 is 6.04 Å². The predicted molar refractivity (Wildman–Crippen MR) is 149 cm³/mol. The average molecular weight is 557 g/mol. The van der Waals surface area contributed by atoms with Gasteiger partial charge in [-0.05, 0) is 54.4 Å². The number of carbonyl (C=O) groups excluding carboxylic acids is 3. The van der Waals surface area contributed by atoms with Crippen molar-refractivity contribution in [2.24, 2.45) is 0 Å². The van der Waals surface area contributed by atoms with E-state index in [2.05, 4.69) is 25.6 Å². The highest BCUT2D eigenvalue weighted by atomic mass is 35.5. The Morgan fingerprint density at radius 1 is 1.07 bits per heavy atom. The molecule has 10 nitrogen and oxygen atoms in total. The molecule has 2 N–H and O–H groups in total. The summed E-state index contributed by atoms with van der Waals surface area (Å²) in [6.07, 6.45) is 4.79. The summed E-state index contributed by atoms with van der Waals surface area (Å²) >= 11 is 6.15. The van der Waals surface area contributed by atoms with Gasteiger partial charge in [0.15, 0.2) is 5.75 Å². The molecule has 0 aliphatic carbocycles. The number of nitrogens with one attached hydrogen (secondary N) is 2. The van der Waals surface area contributed by atoms with Crippen LogP contribution in [0.15, 0.2) is 73.2 Å². The third-order valence-electron chi connectivity index (χ3n) is 6.52. The number of nitrogens with zero attached hydrogens (tertiary/aromatic N) is 4. The fourth-order valence-electron chi connectivity index (χ4n) is 4.49. The van der Waals surface area contributed by atoms with Crippen molar-refractivity contribution in [3.63, 3.8) is 0 Å². The van der Waals surface area contributed by atoms with Crippen LogP contribution in [0.1, 0.15) is 37.5 Å². The molecule has 0 bridgehead atoms. The van der Waals surface area contributed by atoms with Crippen LogP contribution in [-0.2, 0) is 17.8 Å². The minimum absolute atomic E-state index is 0.135. The lowest BCUT2D eigenvalue weighted by Gasteiger charge is -2.29. The lowest BCUT2D eigenvalue weighted by atomic mass is 10.0. The average Bonchev–Trinajstić information content (AvgIpc) is 3.03. The first kappa shape index (κ1) is 26.8. The molecule has 2 aromatic carbocycles. The van der Waals surface area contributed by atoms with E-state index in [4.69, 9.17) is 16.3 Å². The Morgan fingerprint density at radius 2 is 1.88 bits per heavy atom. The summed E-state index contributed by atoms with van der Waals surface area (Å²) in [5.74, 6) is -0.415. The molecule has 2 aromatic heterocycles. The number of methoxy groups -OCH3 is 1. The van der Waals surface area contributed by atoms with Crippen LogP contribution in [-0.4, -0.2) is 50.7 Å². The molecule has 1 aliphatic rings. The number of benzene rings is 2. The highest BCUT2D eigenvalue weighted by Gasteiger charge is 2.36. The summed E-state index contributed by atoms with van der Waals surface area (Å²) in [5.41, 5.74) is 3.23. The Morgan fingerprint density at radius 3 is 2.58 bits per heavy atom. The van der Waals surface area contributed by atoms with Gasteiger partial charge in [-0.2, -0.15) is 0 Å². The molecular weight excluding hydrogens is 532 g/mol. The molecule has 3 heterocycles. The van der Waals surface area contributed by atoms with Gasteiger partial charge in [-0.15, -0.1) is 0 Å². The Labute approximate surface area is 235 Å². The van der Waals surface area contributed by atoms with E-state index in [1.165, 1.54) is 24.4 Å². The standard InChI is InChI=1S/C29H25ClN6O4/c1-17-11-18(6-8-22(17)26(37)35-29-32-14-21(40-2)15-33-29)16-36-25(13-20-5-3-4-10-31-20)27(38)34-24-12-19(30)7-9-23(24)28(36)39/h3-12,14-15,25H,13,16H2,1-2H3,(H,34,38)(H,32,33,35,37)/t25-/m1/s1. The second-order valence-corrected chi connectivity index (χ2v) is 9.64. The normalized spacial score (nSPS) is 14.7. The Bertz CT molecular complexity index is 1580. The summed E-state index contributed by atoms with van der Waals surface area (Å²) < 4.78 is 5.04. The number of rotatable bonds is 7. The van der Waals surface area contributed by atoms with Gasteiger partial charge in [0.1, 0.15) is 6.04 Å². The van der Waals surface area contributed by atoms with Gasteiger partial charge in [0.05, 0.1) is 30.8 Å². The number of fused-ring (bicyclic) bond motifs is 1. The van der Waals surface area contributed by atoms with Crippen molar-refractivity contribution in [3.8, 4) is 5.75 Å². The topological polar surface area (TPSA) is 126 Å². The SMILES string of the molecule is COc1cnc(NC(=O)c2ccc(CN3C(=O)c4ccc(Cl)cc4NC(=O)[C@H]3Cc3ccccn3)cc2C)nc1. The first-order valence-electron chi connectivity index (χ1n) is 12.4. The molecule has 11 heteroatoms. The van der Waals surface area contributed by atoms with Gasteiger partial charge in [0.2, 0.25) is 11.9 Å². The number of aryl methyl sites for hydroxylation is 1. The van der Waals surface area contributed by atoms with Crippen molar-refractivity contribution < 1.29 is 19.1 Å². The summed E-state index contributed by atoms with van der Waals surface area (Å²) in [7, 11) is 1.50. The van der Waals surface area contributed by atoms with Crippen LogP contribution < -0.4 is 15.4 Å². The van der Waals surface area contributed by atoms with Crippen molar-refractivity contribution in [1.82, 2.24) is 19.9 Å². The number of halogens is 1. The zero-order valence-corrected chi connectivity index (χ0v) is 22.5. The number of anilines is 2. The summed E-state index contributed by atoms with van der Waals surface area (Å²) in [6, 6.07) is 14.7. The fourth-order valence-corrected chi connectivity index (χ4v) is 4.66. The molecule has 0 saturated carbocycles. The van der Waals surface area contributed by atoms with Gasteiger partial charge >= 0.3 is 0 Å². The number of pyridine rings is 1. The molecule has 1 atom stereocenters. The third-order valence-corrected chi connectivity index (χ3v) is 6.75. The third kappa shape index (κ3) is 5.76. The molecular formula is C29H25ClN6O4. The lowest BCUT2D eigenvalue weighted by molar-refractivity contribution is -0.120. The maximum atomic E-state index is 13.8. The maximum Gasteiger partial charge on any atom is 0.258 e. The quantitative estimate of drug-likeness (QED) is 0.347. The monoisotopic (exact) mass is 556 g/mol. The van der Waals surface area contributed by atoms with Crippen LogP contribution in [0.5, 0.6) is 5.75 Å². The second-order valence-electron chi connectivity index (χ2n) is 9.20. The van der Waals surface area contributed by atoms with E-state index in [1.54, 1.807) is 49.5 Å². The molecule has 0 radical (unpaired) electrons. The number of hydrogen-bond donors (Lipinski definition) is 2. The Hall–Kier alpha value is -4.83. The zero-order chi connectivity index (χ0) is 28.2. The van der Waals surface area contributed by atoms with Crippen molar-refractivity contribution in [3.05, 3.63) is 106 Å². The predicted octanol–water partition coefficient (Wildman–Crippen LogP) is 4.30. The van der Waals surface area contributed by atoms with Crippen LogP contribution in [0, 0.1) is 6.92 Å². The minimum Gasteiger partial charge on any atom is -0.494 e. The number of aromatic nitrogens is 3. The highest BCUT2D eigenvalue weighted by Crippen LogP contribution is 2.29. The van der Waals surface area contributed by atoms with Gasteiger partial charge in [-0.25, -0.2) is 9.97 Å². The number of amides is 3. The molecule has 0 saturated heterocycles. The summed E-state index contributed by atoms with van der Waals surface area (Å²) in [6.45, 7) is 1.93. The molecule has 0 fully saturated rings. The van der Waals surface area contributed by atoms with Crippen molar-refractivity contribution >= 4 is 41.0 Å². The van der Waals surface area contributed by atoms with Crippen LogP contribution in [0.4, 0.5) is 11.6 Å². The van der Waals surface area contributed by atoms with Crippen LogP contribution in [0.2, 0.25) is 5.02 Å². The lowest BCUT2D eigenvalue weighted by Crippen LogP contribution is -2.46. The van der Waals surface area contributed by atoms with E-state index >= 15 is 0 Å². The summed E-state index contributed by atoms with van der Waals surface area (Å²) in [4.78, 5) is 54.1. The van der Waals surface area contributed by atoms with Gasteiger partial charge in [0, 0.05) is 35.4 Å². The van der Waals surface area contributed by atoms with Crippen LogP contribution >= 0.6 is 11.6 Å². The molecule has 202 valence electrons. The molecule has 1 aliphatic heterocycles. The molecule has 5 rings (SSSR count). The highest BCUT2D eigenvalue weighted by molar-refractivity contribution is 6.31. The summed E-state index contributed by atoms with van der Waals surface area (Å²) in [5, 5.41) is 5.94. The van der Waals surface area contributed by atoms with E-state index in [1.807, 2.05) is 18.2 Å². The number of hydrogen-bond acceptors (Lipinski definition) is 7. The Kier molecular flexibility index (Phi) is 7.70. The zero-order valence-electron chi connectivity index (χ0n) is 21.7. The number of carbonyl (C=O) groups is 3. The largest absolute Gasteiger partial charge is 0.494 e. The van der Waals surface area contributed by atoms with Crippen molar-refractivity contribution in [2.75, 3.05) is 17.7 Å². The molecule has 3 amide bonds. The van der Waals surface area contributed by atoms with Crippen molar-refractivity contribution in [2.45, 2.75) is 25.9 Å². The van der Waals surface area contributed by atoms with E-state index in [9.17, 15) is 14.4 Å². The van der Waals surface area contributed by atoms with Crippen LogP contribution in [0.3, 0.4) is 0 Å². The first-order valence-corrected chi connectivity index (χ1v) is 12.8. The van der Waals surface area contributed by atoms with Gasteiger partial charge in [-0.3, -0.25) is 24.7 Å². The molecule has 40 heavy (non-hydrogen) atoms. The van der Waals surface area contributed by atoms with Crippen LogP contribution in [0.25, 0.3) is 0 Å². The first-order chi connectivity index (χ1) is 19.3. The minimum atomic E-state index is -0.830. The van der Waals surface area contributed by atoms with E-state index in [0.29, 0.717) is 38.8 Å². The maximum absolute atomic E-state index is 13.8. The van der Waals surface area contributed by atoms with E-state index in [0.717, 1.165) is 5.56 Å². The Balaban J connectivity index is 1.42.